The number of benzene rings is 2. The van der Waals surface area contributed by atoms with E-state index in [-0.39, 0.29) is 11.4 Å². The number of aliphatic hydroxyl groups excluding tert-OH is 1. The lowest BCUT2D eigenvalue weighted by Crippen LogP contribution is -2.44. The lowest BCUT2D eigenvalue weighted by molar-refractivity contribution is -0.0449. The van der Waals surface area contributed by atoms with Crippen LogP contribution in [0.25, 0.3) is 5.76 Å². The first-order valence-corrected chi connectivity index (χ1v) is 11.2. The molecule has 1 aliphatic carbocycles. The molecule has 2 N–H and O–H groups in total. The summed E-state index contributed by atoms with van der Waals surface area (Å²) in [5, 5.41) is 13.4. The SMILES string of the molecule is C=C(O)c1ccc(CN2CCC3(CC2)CC(N[C@@H]2C[C@H]2c2ccccc2)CO3)cc1. The van der Waals surface area contributed by atoms with Crippen LogP contribution in [0.4, 0.5) is 0 Å². The fourth-order valence-corrected chi connectivity index (χ4v) is 5.23. The first kappa shape index (κ1) is 19.8. The molecule has 0 amide bonds. The van der Waals surface area contributed by atoms with Crippen LogP contribution in [0.3, 0.4) is 0 Å². The summed E-state index contributed by atoms with van der Waals surface area (Å²) in [6.45, 7) is 7.55. The predicted octanol–water partition coefficient (Wildman–Crippen LogP) is 4.48. The zero-order chi connectivity index (χ0) is 20.6. The zero-order valence-electron chi connectivity index (χ0n) is 17.6. The van der Waals surface area contributed by atoms with Gasteiger partial charge in [0, 0.05) is 43.2 Å². The topological polar surface area (TPSA) is 44.7 Å². The molecule has 1 saturated carbocycles. The van der Waals surface area contributed by atoms with Crippen molar-refractivity contribution in [3.8, 4) is 0 Å². The zero-order valence-corrected chi connectivity index (χ0v) is 17.6. The molecular formula is C26H32N2O2. The van der Waals surface area contributed by atoms with Crippen LogP contribution in [0.15, 0.2) is 61.2 Å². The maximum absolute atomic E-state index is 9.48. The molecule has 5 rings (SSSR count). The van der Waals surface area contributed by atoms with E-state index in [0.717, 1.165) is 51.1 Å². The van der Waals surface area contributed by atoms with Crippen molar-refractivity contribution < 1.29 is 9.84 Å². The van der Waals surface area contributed by atoms with Gasteiger partial charge in [0.25, 0.3) is 0 Å². The van der Waals surface area contributed by atoms with Gasteiger partial charge in [-0.2, -0.15) is 0 Å². The second kappa shape index (κ2) is 8.18. The van der Waals surface area contributed by atoms with E-state index in [0.29, 0.717) is 18.0 Å². The Hall–Kier alpha value is -2.14. The quantitative estimate of drug-likeness (QED) is 0.697. The molecule has 2 aromatic carbocycles. The van der Waals surface area contributed by atoms with E-state index in [1.807, 2.05) is 12.1 Å². The van der Waals surface area contributed by atoms with Crippen LogP contribution in [0, 0.1) is 0 Å². The summed E-state index contributed by atoms with van der Waals surface area (Å²) >= 11 is 0. The Morgan fingerprint density at radius 1 is 1.10 bits per heavy atom. The van der Waals surface area contributed by atoms with Gasteiger partial charge in [0.05, 0.1) is 12.2 Å². The van der Waals surface area contributed by atoms with Crippen molar-refractivity contribution in [1.82, 2.24) is 10.2 Å². The Bertz CT molecular complexity index is 872. The number of hydrogen-bond acceptors (Lipinski definition) is 4. The highest BCUT2D eigenvalue weighted by Crippen LogP contribution is 2.43. The molecular weight excluding hydrogens is 372 g/mol. The fourth-order valence-electron chi connectivity index (χ4n) is 5.23. The van der Waals surface area contributed by atoms with Crippen LogP contribution in [0.2, 0.25) is 0 Å². The number of hydrogen-bond donors (Lipinski definition) is 2. The van der Waals surface area contributed by atoms with Crippen molar-refractivity contribution in [2.45, 2.75) is 55.8 Å². The second-order valence-corrected chi connectivity index (χ2v) is 9.34. The highest BCUT2D eigenvalue weighted by atomic mass is 16.5. The molecule has 4 heteroatoms. The molecule has 2 aromatic rings. The maximum atomic E-state index is 9.48. The van der Waals surface area contributed by atoms with Gasteiger partial charge in [0.15, 0.2) is 0 Å². The van der Waals surface area contributed by atoms with Gasteiger partial charge >= 0.3 is 0 Å². The number of aliphatic hydroxyl groups is 1. The van der Waals surface area contributed by atoms with E-state index < -0.39 is 0 Å². The third-order valence-corrected chi connectivity index (χ3v) is 7.14. The lowest BCUT2D eigenvalue weighted by atomic mass is 9.87. The first-order chi connectivity index (χ1) is 14.6. The van der Waals surface area contributed by atoms with Gasteiger partial charge in [-0.05, 0) is 36.8 Å². The number of likely N-dealkylation sites (tertiary alicyclic amines) is 1. The summed E-state index contributed by atoms with van der Waals surface area (Å²) < 4.78 is 6.38. The Morgan fingerprint density at radius 3 is 2.53 bits per heavy atom. The van der Waals surface area contributed by atoms with Gasteiger partial charge in [-0.15, -0.1) is 0 Å². The van der Waals surface area contributed by atoms with Gasteiger partial charge in [-0.25, -0.2) is 0 Å². The highest BCUT2D eigenvalue weighted by molar-refractivity contribution is 5.55. The molecule has 2 heterocycles. The Labute approximate surface area is 179 Å². The third kappa shape index (κ3) is 4.31. The van der Waals surface area contributed by atoms with Crippen LogP contribution >= 0.6 is 0 Å². The van der Waals surface area contributed by atoms with E-state index in [2.05, 4.69) is 59.3 Å². The number of nitrogens with one attached hydrogen (secondary N) is 1. The minimum absolute atomic E-state index is 0.0732. The summed E-state index contributed by atoms with van der Waals surface area (Å²) in [5.41, 5.74) is 3.61. The molecule has 2 saturated heterocycles. The van der Waals surface area contributed by atoms with Gasteiger partial charge in [0.2, 0.25) is 0 Å². The predicted molar refractivity (Wildman–Crippen MR) is 120 cm³/mol. The smallest absolute Gasteiger partial charge is 0.115 e. The Balaban J connectivity index is 1.09. The number of rotatable bonds is 6. The van der Waals surface area contributed by atoms with E-state index in [9.17, 15) is 5.11 Å². The van der Waals surface area contributed by atoms with E-state index >= 15 is 0 Å². The summed E-state index contributed by atoms with van der Waals surface area (Å²) in [7, 11) is 0. The van der Waals surface area contributed by atoms with Crippen LogP contribution in [0.1, 0.15) is 48.3 Å². The standard InChI is InChI=1S/C26H32N2O2/c1-19(29)21-9-7-20(8-10-21)17-28-13-11-26(12-14-28)16-23(18-30-26)27-25-15-24(25)22-5-3-2-4-6-22/h2-10,23-25,27,29H,1,11-18H2/t23?,24-,25+/m0/s1. The van der Waals surface area contributed by atoms with Crippen molar-refractivity contribution in [1.29, 1.82) is 0 Å². The van der Waals surface area contributed by atoms with Crippen LogP contribution in [0.5, 0.6) is 0 Å². The molecule has 0 aromatic heterocycles. The summed E-state index contributed by atoms with van der Waals surface area (Å²) in [5.74, 6) is 0.809. The van der Waals surface area contributed by atoms with Gasteiger partial charge in [-0.3, -0.25) is 4.90 Å². The van der Waals surface area contributed by atoms with Crippen LogP contribution < -0.4 is 5.32 Å². The minimum atomic E-state index is 0.0732. The largest absolute Gasteiger partial charge is 0.508 e. The number of nitrogens with zero attached hydrogens (tertiary/aromatic N) is 1. The molecule has 3 atom stereocenters. The van der Waals surface area contributed by atoms with Crippen molar-refractivity contribution in [3.05, 3.63) is 77.9 Å². The molecule has 4 nitrogen and oxygen atoms in total. The number of piperidine rings is 1. The van der Waals surface area contributed by atoms with Gasteiger partial charge < -0.3 is 15.2 Å². The molecule has 2 aliphatic heterocycles. The summed E-state index contributed by atoms with van der Waals surface area (Å²) in [6.07, 6.45) is 4.63. The lowest BCUT2D eigenvalue weighted by Gasteiger charge is -2.38. The third-order valence-electron chi connectivity index (χ3n) is 7.14. The molecule has 158 valence electrons. The Morgan fingerprint density at radius 2 is 1.83 bits per heavy atom. The van der Waals surface area contributed by atoms with Crippen LogP contribution in [-0.4, -0.2) is 47.4 Å². The highest BCUT2D eigenvalue weighted by Gasteiger charge is 2.46. The molecule has 0 radical (unpaired) electrons. The van der Waals surface area contributed by atoms with Crippen molar-refractivity contribution in [2.75, 3.05) is 19.7 Å². The van der Waals surface area contributed by atoms with Crippen molar-refractivity contribution in [2.24, 2.45) is 0 Å². The van der Waals surface area contributed by atoms with Crippen LogP contribution in [-0.2, 0) is 11.3 Å². The number of ether oxygens (including phenoxy) is 1. The molecule has 3 aliphatic rings. The summed E-state index contributed by atoms with van der Waals surface area (Å²) in [6, 6.07) is 20.1. The minimum Gasteiger partial charge on any atom is -0.508 e. The first-order valence-electron chi connectivity index (χ1n) is 11.2. The molecule has 3 fully saturated rings. The van der Waals surface area contributed by atoms with E-state index in [1.165, 1.54) is 17.5 Å². The summed E-state index contributed by atoms with van der Waals surface area (Å²) in [4.78, 5) is 2.52. The molecule has 1 spiro atoms. The molecule has 1 unspecified atom stereocenters. The van der Waals surface area contributed by atoms with Gasteiger partial charge in [-0.1, -0.05) is 61.2 Å². The molecule has 30 heavy (non-hydrogen) atoms. The normalized spacial score (nSPS) is 27.9. The van der Waals surface area contributed by atoms with E-state index in [1.54, 1.807) is 0 Å². The average Bonchev–Trinajstić information content (AvgIpc) is 3.43. The fraction of sp³-hybridized carbons (Fsp3) is 0.462. The maximum Gasteiger partial charge on any atom is 0.115 e. The van der Waals surface area contributed by atoms with Gasteiger partial charge in [0.1, 0.15) is 5.76 Å². The second-order valence-electron chi connectivity index (χ2n) is 9.34. The average molecular weight is 405 g/mol. The monoisotopic (exact) mass is 404 g/mol. The van der Waals surface area contributed by atoms with Crippen molar-refractivity contribution in [3.63, 3.8) is 0 Å². The Kier molecular flexibility index (Phi) is 5.40. The van der Waals surface area contributed by atoms with Crippen molar-refractivity contribution >= 4 is 5.76 Å². The molecule has 0 bridgehead atoms. The van der Waals surface area contributed by atoms with E-state index in [4.69, 9.17) is 4.74 Å².